The Labute approximate surface area is 198 Å². The Morgan fingerprint density at radius 1 is 1.09 bits per heavy atom. The first-order valence-electron chi connectivity index (χ1n) is 11.5. The Kier molecular flexibility index (Phi) is 7.55. The first kappa shape index (κ1) is 23.2. The van der Waals surface area contributed by atoms with Gasteiger partial charge in [0, 0.05) is 11.7 Å². The van der Waals surface area contributed by atoms with Crippen molar-refractivity contribution in [1.29, 1.82) is 0 Å². The lowest BCUT2D eigenvalue weighted by atomic mass is 9.93. The van der Waals surface area contributed by atoms with Gasteiger partial charge >= 0.3 is 0 Å². The zero-order chi connectivity index (χ0) is 23.2. The van der Waals surface area contributed by atoms with Crippen molar-refractivity contribution < 1.29 is 14.0 Å². The van der Waals surface area contributed by atoms with Crippen LogP contribution in [0.4, 0.5) is 10.1 Å². The maximum Gasteiger partial charge on any atom is 0.248 e. The molecule has 0 saturated heterocycles. The third kappa shape index (κ3) is 5.69. The number of hydrogen-bond acceptors (Lipinski definition) is 3. The molecule has 1 heterocycles. The van der Waals surface area contributed by atoms with Crippen molar-refractivity contribution >= 4 is 28.8 Å². The summed E-state index contributed by atoms with van der Waals surface area (Å²) < 4.78 is 14.3. The minimum Gasteiger partial charge on any atom is -0.351 e. The lowest BCUT2D eigenvalue weighted by molar-refractivity contribution is -0.127. The van der Waals surface area contributed by atoms with Gasteiger partial charge in [-0.25, -0.2) is 4.39 Å². The number of hydrogen-bond donors (Lipinski definition) is 1. The first-order valence-corrected chi connectivity index (χ1v) is 12.4. The fourth-order valence-corrected chi connectivity index (χ4v) is 5.20. The van der Waals surface area contributed by atoms with Crippen LogP contribution in [0.5, 0.6) is 0 Å². The van der Waals surface area contributed by atoms with E-state index in [1.807, 2.05) is 48.0 Å². The van der Waals surface area contributed by atoms with Gasteiger partial charge in [0.05, 0.1) is 6.42 Å². The Hall–Kier alpha value is -2.99. The lowest BCUT2D eigenvalue weighted by Gasteiger charge is -2.34. The van der Waals surface area contributed by atoms with Crippen LogP contribution in [-0.2, 0) is 16.0 Å². The zero-order valence-electron chi connectivity index (χ0n) is 18.8. The predicted molar refractivity (Wildman–Crippen MR) is 131 cm³/mol. The normalized spacial score (nSPS) is 15.1. The molecular weight excluding hydrogens is 435 g/mol. The minimum atomic E-state index is -0.888. The molecule has 1 saturated carbocycles. The van der Waals surface area contributed by atoms with E-state index in [0.29, 0.717) is 5.69 Å². The molecule has 2 aromatic carbocycles. The van der Waals surface area contributed by atoms with Crippen molar-refractivity contribution in [3.05, 3.63) is 87.9 Å². The second-order valence-corrected chi connectivity index (χ2v) is 9.43. The number of aryl methyl sites for hydroxylation is 1. The molecule has 4 nitrogen and oxygen atoms in total. The number of carbonyl (C=O) groups is 2. The van der Waals surface area contributed by atoms with Crippen LogP contribution >= 0.6 is 11.3 Å². The van der Waals surface area contributed by atoms with Gasteiger partial charge in [0.25, 0.3) is 0 Å². The maximum atomic E-state index is 14.3. The molecule has 2 amide bonds. The summed E-state index contributed by atoms with van der Waals surface area (Å²) in [7, 11) is 0. The van der Waals surface area contributed by atoms with E-state index in [4.69, 9.17) is 0 Å². The zero-order valence-corrected chi connectivity index (χ0v) is 19.6. The van der Waals surface area contributed by atoms with E-state index >= 15 is 0 Å². The summed E-state index contributed by atoms with van der Waals surface area (Å²) in [5.41, 5.74) is 2.91. The summed E-state index contributed by atoms with van der Waals surface area (Å²) in [5, 5.41) is 7.04. The minimum absolute atomic E-state index is 0.0964. The van der Waals surface area contributed by atoms with Crippen LogP contribution < -0.4 is 10.2 Å². The molecule has 6 heteroatoms. The van der Waals surface area contributed by atoms with Crippen LogP contribution in [0.25, 0.3) is 0 Å². The van der Waals surface area contributed by atoms with E-state index in [2.05, 4.69) is 5.32 Å². The molecule has 1 atom stereocenters. The molecule has 3 aromatic rings. The number of carbonyl (C=O) groups excluding carboxylic acids is 2. The molecule has 33 heavy (non-hydrogen) atoms. The highest BCUT2D eigenvalue weighted by molar-refractivity contribution is 7.08. The first-order chi connectivity index (χ1) is 16.0. The highest BCUT2D eigenvalue weighted by Crippen LogP contribution is 2.32. The number of halogens is 1. The van der Waals surface area contributed by atoms with E-state index < -0.39 is 11.9 Å². The van der Waals surface area contributed by atoms with Crippen LogP contribution in [0, 0.1) is 12.7 Å². The molecule has 1 N–H and O–H groups in total. The van der Waals surface area contributed by atoms with Crippen molar-refractivity contribution in [3.8, 4) is 0 Å². The largest absolute Gasteiger partial charge is 0.351 e. The quantitative estimate of drug-likeness (QED) is 0.469. The number of anilines is 1. The average Bonchev–Trinajstić information content (AvgIpc) is 3.31. The monoisotopic (exact) mass is 464 g/mol. The van der Waals surface area contributed by atoms with Gasteiger partial charge in [0.15, 0.2) is 0 Å². The second kappa shape index (κ2) is 10.8. The summed E-state index contributed by atoms with van der Waals surface area (Å²) in [5.74, 6) is -0.915. The maximum absolute atomic E-state index is 14.3. The van der Waals surface area contributed by atoms with Crippen molar-refractivity contribution in [3.63, 3.8) is 0 Å². The summed E-state index contributed by atoms with van der Waals surface area (Å²) >= 11 is 1.52. The molecule has 1 aromatic heterocycles. The molecule has 1 fully saturated rings. The standard InChI is InChI=1S/C27H29FN2O2S/c1-19-8-5-6-13-24(19)26(27(32)29-22-10-3-2-4-11-22)30(23-12-7-9-21(28)17-23)25(31)16-20-14-15-33-18-20/h5-9,12-15,17-18,22,26H,2-4,10-11,16H2,1H3,(H,29,32). The molecular formula is C27H29FN2O2S. The number of benzene rings is 2. The molecule has 172 valence electrons. The molecule has 0 bridgehead atoms. The topological polar surface area (TPSA) is 49.4 Å². The molecule has 0 radical (unpaired) electrons. The number of nitrogens with zero attached hydrogens (tertiary/aromatic N) is 1. The van der Waals surface area contributed by atoms with E-state index in [0.717, 1.165) is 42.4 Å². The Morgan fingerprint density at radius 2 is 1.88 bits per heavy atom. The van der Waals surface area contributed by atoms with E-state index in [9.17, 15) is 14.0 Å². The summed E-state index contributed by atoms with van der Waals surface area (Å²) in [4.78, 5) is 28.9. The van der Waals surface area contributed by atoms with Crippen LogP contribution in [0.3, 0.4) is 0 Å². The molecule has 0 aliphatic heterocycles. The van der Waals surface area contributed by atoms with E-state index in [1.165, 1.54) is 34.8 Å². The third-order valence-corrected chi connectivity index (χ3v) is 6.96. The number of thiophene rings is 1. The summed E-state index contributed by atoms with van der Waals surface area (Å²) in [6.07, 6.45) is 5.38. The van der Waals surface area contributed by atoms with Gasteiger partial charge in [-0.3, -0.25) is 14.5 Å². The fraction of sp³-hybridized carbons (Fsp3) is 0.333. The van der Waals surface area contributed by atoms with Crippen LogP contribution in [0.2, 0.25) is 0 Å². The molecule has 1 aliphatic carbocycles. The number of amides is 2. The van der Waals surface area contributed by atoms with Gasteiger partial charge in [-0.15, -0.1) is 0 Å². The van der Waals surface area contributed by atoms with E-state index in [1.54, 1.807) is 12.1 Å². The van der Waals surface area contributed by atoms with Crippen molar-refractivity contribution in [1.82, 2.24) is 5.32 Å². The van der Waals surface area contributed by atoms with Crippen molar-refractivity contribution in [2.75, 3.05) is 4.90 Å². The van der Waals surface area contributed by atoms with Gasteiger partial charge in [-0.2, -0.15) is 11.3 Å². The highest BCUT2D eigenvalue weighted by Gasteiger charge is 2.35. The molecule has 1 aliphatic rings. The Morgan fingerprint density at radius 3 is 2.58 bits per heavy atom. The highest BCUT2D eigenvalue weighted by atomic mass is 32.1. The fourth-order valence-electron chi connectivity index (χ4n) is 4.53. The van der Waals surface area contributed by atoms with Crippen LogP contribution in [-0.4, -0.2) is 17.9 Å². The SMILES string of the molecule is Cc1ccccc1C(C(=O)NC1CCCCC1)N(C(=O)Cc1ccsc1)c1cccc(F)c1. The molecule has 0 spiro atoms. The molecule has 1 unspecified atom stereocenters. The number of nitrogens with one attached hydrogen (secondary N) is 1. The van der Waals surface area contributed by atoms with Crippen LogP contribution in [0.1, 0.15) is 54.8 Å². The van der Waals surface area contributed by atoms with Gasteiger partial charge < -0.3 is 5.32 Å². The van der Waals surface area contributed by atoms with Gasteiger partial charge in [0.1, 0.15) is 11.9 Å². The smallest absolute Gasteiger partial charge is 0.248 e. The van der Waals surface area contributed by atoms with Gasteiger partial charge in [-0.05, 0) is 71.5 Å². The van der Waals surface area contributed by atoms with Crippen LogP contribution in [0.15, 0.2) is 65.4 Å². The lowest BCUT2D eigenvalue weighted by Crippen LogP contribution is -2.48. The second-order valence-electron chi connectivity index (χ2n) is 8.65. The van der Waals surface area contributed by atoms with Gasteiger partial charge in [-0.1, -0.05) is 49.6 Å². The Bertz CT molecular complexity index is 1090. The average molecular weight is 465 g/mol. The summed E-state index contributed by atoms with van der Waals surface area (Å²) in [6, 6.07) is 14.6. The predicted octanol–water partition coefficient (Wildman–Crippen LogP) is 5.96. The molecule has 4 rings (SSSR count). The van der Waals surface area contributed by atoms with Gasteiger partial charge in [0.2, 0.25) is 11.8 Å². The Balaban J connectivity index is 1.76. The summed E-state index contributed by atoms with van der Waals surface area (Å²) in [6.45, 7) is 1.93. The number of rotatable bonds is 7. The third-order valence-electron chi connectivity index (χ3n) is 6.23. The van der Waals surface area contributed by atoms with E-state index in [-0.39, 0.29) is 24.3 Å². The van der Waals surface area contributed by atoms with Crippen molar-refractivity contribution in [2.45, 2.75) is 57.5 Å². The van der Waals surface area contributed by atoms with Crippen molar-refractivity contribution in [2.24, 2.45) is 0 Å².